The fraction of sp³-hybridized carbons (Fsp3) is 0.278. The zero-order valence-electron chi connectivity index (χ0n) is 12.5. The summed E-state index contributed by atoms with van der Waals surface area (Å²) in [6.07, 6.45) is 1.46. The lowest BCUT2D eigenvalue weighted by molar-refractivity contribution is -0.142. The van der Waals surface area contributed by atoms with Crippen LogP contribution < -0.4 is 0 Å². The van der Waals surface area contributed by atoms with Crippen LogP contribution >= 0.6 is 15.9 Å². The average Bonchev–Trinajstić information content (AvgIpc) is 2.99. The molecular formula is C18H17BrFNO2. The normalized spacial score (nSPS) is 19.7. The highest BCUT2D eigenvalue weighted by Crippen LogP contribution is 2.35. The summed E-state index contributed by atoms with van der Waals surface area (Å²) in [5.74, 6) is -1.13. The molecule has 0 radical (unpaired) electrons. The summed E-state index contributed by atoms with van der Waals surface area (Å²) in [5, 5.41) is 9.50. The summed E-state index contributed by atoms with van der Waals surface area (Å²) < 4.78 is 14.7. The maximum absolute atomic E-state index is 13.7. The maximum Gasteiger partial charge on any atom is 0.320 e. The molecule has 3 rings (SSSR count). The second-order valence-electron chi connectivity index (χ2n) is 5.74. The molecular weight excluding hydrogens is 361 g/mol. The molecule has 120 valence electrons. The lowest BCUT2D eigenvalue weighted by Gasteiger charge is -2.32. The van der Waals surface area contributed by atoms with Gasteiger partial charge in [0, 0.05) is 11.0 Å². The minimum Gasteiger partial charge on any atom is -0.480 e. The van der Waals surface area contributed by atoms with Gasteiger partial charge in [0.05, 0.1) is 6.04 Å². The summed E-state index contributed by atoms with van der Waals surface area (Å²) >= 11 is 3.41. The molecule has 2 aromatic rings. The van der Waals surface area contributed by atoms with E-state index in [1.54, 1.807) is 6.07 Å². The Bertz CT molecular complexity index is 704. The van der Waals surface area contributed by atoms with Gasteiger partial charge in [-0.2, -0.15) is 0 Å². The Morgan fingerprint density at radius 1 is 1.22 bits per heavy atom. The second kappa shape index (κ2) is 6.81. The minimum atomic E-state index is -0.819. The highest BCUT2D eigenvalue weighted by atomic mass is 79.9. The van der Waals surface area contributed by atoms with E-state index in [1.807, 2.05) is 35.2 Å². The SMILES string of the molecule is O=C(O)C1CCCN1C(c1ccc(Br)cc1)c1cccc(F)c1. The molecule has 1 saturated heterocycles. The van der Waals surface area contributed by atoms with Gasteiger partial charge in [0.25, 0.3) is 0 Å². The third kappa shape index (κ3) is 3.46. The van der Waals surface area contributed by atoms with Crippen LogP contribution in [0.5, 0.6) is 0 Å². The van der Waals surface area contributed by atoms with Gasteiger partial charge in [-0.15, -0.1) is 0 Å². The molecule has 0 saturated carbocycles. The number of halogens is 2. The predicted octanol–water partition coefficient (Wildman–Crippen LogP) is 4.23. The first kappa shape index (κ1) is 16.1. The average molecular weight is 378 g/mol. The standard InChI is InChI=1S/C18H17BrFNO2/c19-14-8-6-12(7-9-14)17(13-3-1-4-15(20)11-13)21-10-2-5-16(21)18(22)23/h1,3-4,6-9,11,16-17H,2,5,10H2,(H,22,23). The highest BCUT2D eigenvalue weighted by molar-refractivity contribution is 9.10. The molecule has 1 aliphatic rings. The molecule has 0 aromatic heterocycles. The van der Waals surface area contributed by atoms with E-state index in [-0.39, 0.29) is 11.9 Å². The van der Waals surface area contributed by atoms with E-state index in [0.717, 1.165) is 22.0 Å². The minimum absolute atomic E-state index is 0.262. The van der Waals surface area contributed by atoms with Gasteiger partial charge in [0.15, 0.2) is 0 Å². The van der Waals surface area contributed by atoms with E-state index in [0.29, 0.717) is 13.0 Å². The summed E-state index contributed by atoms with van der Waals surface area (Å²) in [6, 6.07) is 13.4. The maximum atomic E-state index is 13.7. The van der Waals surface area contributed by atoms with Crippen molar-refractivity contribution in [1.82, 2.24) is 4.90 Å². The third-order valence-corrected chi connectivity index (χ3v) is 4.79. The second-order valence-corrected chi connectivity index (χ2v) is 6.66. The quantitative estimate of drug-likeness (QED) is 0.866. The van der Waals surface area contributed by atoms with Crippen molar-refractivity contribution in [1.29, 1.82) is 0 Å². The molecule has 2 aromatic carbocycles. The van der Waals surface area contributed by atoms with Crippen LogP contribution in [0.4, 0.5) is 4.39 Å². The number of aliphatic carboxylic acids is 1. The molecule has 1 aliphatic heterocycles. The molecule has 0 aliphatic carbocycles. The van der Waals surface area contributed by atoms with Crippen molar-refractivity contribution < 1.29 is 14.3 Å². The smallest absolute Gasteiger partial charge is 0.320 e. The Kier molecular flexibility index (Phi) is 4.78. The summed E-state index contributed by atoms with van der Waals surface area (Å²) in [4.78, 5) is 13.5. The van der Waals surface area contributed by atoms with Gasteiger partial charge in [-0.05, 0) is 48.2 Å². The Morgan fingerprint density at radius 2 is 1.96 bits per heavy atom. The molecule has 0 amide bonds. The zero-order valence-corrected chi connectivity index (χ0v) is 14.0. The van der Waals surface area contributed by atoms with Crippen LogP contribution in [-0.2, 0) is 4.79 Å². The first-order valence-electron chi connectivity index (χ1n) is 7.56. The third-order valence-electron chi connectivity index (χ3n) is 4.26. The largest absolute Gasteiger partial charge is 0.480 e. The lowest BCUT2D eigenvalue weighted by atomic mass is 9.96. The predicted molar refractivity (Wildman–Crippen MR) is 89.7 cm³/mol. The molecule has 5 heteroatoms. The molecule has 0 bridgehead atoms. The van der Waals surface area contributed by atoms with E-state index in [1.165, 1.54) is 12.1 Å². The Balaban J connectivity index is 2.06. The van der Waals surface area contributed by atoms with Crippen molar-refractivity contribution in [2.45, 2.75) is 24.9 Å². The van der Waals surface area contributed by atoms with Crippen LogP contribution in [0, 0.1) is 5.82 Å². The van der Waals surface area contributed by atoms with Gasteiger partial charge in [-0.1, -0.05) is 40.2 Å². The van der Waals surface area contributed by atoms with Gasteiger partial charge in [-0.25, -0.2) is 4.39 Å². The van der Waals surface area contributed by atoms with Crippen molar-refractivity contribution in [3.05, 3.63) is 69.9 Å². The van der Waals surface area contributed by atoms with E-state index < -0.39 is 12.0 Å². The number of carboxylic acids is 1. The molecule has 0 spiro atoms. The van der Waals surface area contributed by atoms with Crippen LogP contribution in [0.1, 0.15) is 30.0 Å². The van der Waals surface area contributed by atoms with Gasteiger partial charge >= 0.3 is 5.97 Å². The van der Waals surface area contributed by atoms with Gasteiger partial charge in [-0.3, -0.25) is 9.69 Å². The van der Waals surface area contributed by atoms with Gasteiger partial charge in [0.1, 0.15) is 11.9 Å². The van der Waals surface area contributed by atoms with Crippen LogP contribution in [-0.4, -0.2) is 28.6 Å². The van der Waals surface area contributed by atoms with Crippen LogP contribution in [0.2, 0.25) is 0 Å². The Morgan fingerprint density at radius 3 is 2.61 bits per heavy atom. The lowest BCUT2D eigenvalue weighted by Crippen LogP contribution is -2.39. The van der Waals surface area contributed by atoms with Crippen LogP contribution in [0.3, 0.4) is 0 Å². The van der Waals surface area contributed by atoms with Crippen LogP contribution in [0.15, 0.2) is 53.0 Å². The van der Waals surface area contributed by atoms with Gasteiger partial charge < -0.3 is 5.11 Å². The summed E-state index contributed by atoms with van der Waals surface area (Å²) in [5.41, 5.74) is 1.74. The molecule has 2 unspecified atom stereocenters. The van der Waals surface area contributed by atoms with Gasteiger partial charge in [0.2, 0.25) is 0 Å². The topological polar surface area (TPSA) is 40.5 Å². The summed E-state index contributed by atoms with van der Waals surface area (Å²) in [6.45, 7) is 0.689. The number of benzene rings is 2. The highest BCUT2D eigenvalue weighted by Gasteiger charge is 2.36. The number of nitrogens with zero attached hydrogens (tertiary/aromatic N) is 1. The van der Waals surface area contributed by atoms with Crippen molar-refractivity contribution >= 4 is 21.9 Å². The fourth-order valence-electron chi connectivity index (χ4n) is 3.26. The number of carbonyl (C=O) groups is 1. The van der Waals surface area contributed by atoms with E-state index in [4.69, 9.17) is 0 Å². The molecule has 1 N–H and O–H groups in total. The molecule has 2 atom stereocenters. The van der Waals surface area contributed by atoms with Crippen molar-refractivity contribution in [2.75, 3.05) is 6.54 Å². The van der Waals surface area contributed by atoms with E-state index >= 15 is 0 Å². The Hall–Kier alpha value is -1.72. The van der Waals surface area contributed by atoms with Crippen LogP contribution in [0.25, 0.3) is 0 Å². The molecule has 23 heavy (non-hydrogen) atoms. The van der Waals surface area contributed by atoms with Crippen molar-refractivity contribution in [3.63, 3.8) is 0 Å². The molecule has 3 nitrogen and oxygen atoms in total. The fourth-order valence-corrected chi connectivity index (χ4v) is 3.52. The first-order valence-corrected chi connectivity index (χ1v) is 8.35. The molecule has 1 fully saturated rings. The number of carboxylic acid groups (broad SMARTS) is 1. The number of hydrogen-bond donors (Lipinski definition) is 1. The monoisotopic (exact) mass is 377 g/mol. The van der Waals surface area contributed by atoms with E-state index in [2.05, 4.69) is 15.9 Å². The zero-order chi connectivity index (χ0) is 16.4. The Labute approximate surface area is 142 Å². The number of rotatable bonds is 4. The van der Waals surface area contributed by atoms with Crippen molar-refractivity contribution in [3.8, 4) is 0 Å². The summed E-state index contributed by atoms with van der Waals surface area (Å²) in [7, 11) is 0. The number of likely N-dealkylation sites (tertiary alicyclic amines) is 1. The van der Waals surface area contributed by atoms with E-state index in [9.17, 15) is 14.3 Å². The van der Waals surface area contributed by atoms with Crippen molar-refractivity contribution in [2.24, 2.45) is 0 Å². The number of hydrogen-bond acceptors (Lipinski definition) is 2. The molecule has 1 heterocycles. The first-order chi connectivity index (χ1) is 11.1.